The van der Waals surface area contributed by atoms with Crippen molar-refractivity contribution in [1.82, 2.24) is 9.62 Å². The second kappa shape index (κ2) is 5.58. The highest BCUT2D eigenvalue weighted by Gasteiger charge is 2.36. The second-order valence-electron chi connectivity index (χ2n) is 5.62. The molecule has 1 unspecified atom stereocenters. The highest BCUT2D eigenvalue weighted by molar-refractivity contribution is 7.89. The van der Waals surface area contributed by atoms with Crippen molar-refractivity contribution in [3.8, 4) is 6.07 Å². The van der Waals surface area contributed by atoms with E-state index in [1.165, 1.54) is 18.2 Å². The van der Waals surface area contributed by atoms with Gasteiger partial charge in [0.1, 0.15) is 4.90 Å². The van der Waals surface area contributed by atoms with Crippen LogP contribution in [0.5, 0.6) is 0 Å². The Bertz CT molecular complexity index is 691. The fourth-order valence-corrected chi connectivity index (χ4v) is 4.99. The molecule has 1 atom stereocenters. The van der Waals surface area contributed by atoms with Crippen molar-refractivity contribution in [2.45, 2.75) is 23.8 Å². The fourth-order valence-electron chi connectivity index (χ4n) is 3.15. The maximum absolute atomic E-state index is 12.5. The summed E-state index contributed by atoms with van der Waals surface area (Å²) in [6.07, 6.45) is 2.07. The van der Waals surface area contributed by atoms with E-state index in [9.17, 15) is 8.42 Å². The standard InChI is InChI=1S/C14H16ClN3O2S/c15-12-7-10(8-16)1-2-14(12)21(19,20)17-13-9-18-5-3-11(13)4-6-18/h1-2,7,11,13,17H,3-6,9H2. The summed E-state index contributed by atoms with van der Waals surface area (Å²) in [5.41, 5.74) is 0.349. The molecule has 21 heavy (non-hydrogen) atoms. The van der Waals surface area contributed by atoms with Crippen LogP contribution in [0.2, 0.25) is 5.02 Å². The van der Waals surface area contributed by atoms with E-state index in [0.29, 0.717) is 11.5 Å². The van der Waals surface area contributed by atoms with E-state index in [-0.39, 0.29) is 16.0 Å². The minimum atomic E-state index is -3.66. The molecule has 1 aromatic carbocycles. The molecular weight excluding hydrogens is 310 g/mol. The third kappa shape index (κ3) is 2.92. The van der Waals surface area contributed by atoms with Crippen LogP contribution in [0.25, 0.3) is 0 Å². The summed E-state index contributed by atoms with van der Waals surface area (Å²) in [4.78, 5) is 2.33. The summed E-state index contributed by atoms with van der Waals surface area (Å²) >= 11 is 6.01. The van der Waals surface area contributed by atoms with Gasteiger partial charge >= 0.3 is 0 Å². The van der Waals surface area contributed by atoms with Crippen LogP contribution in [0.4, 0.5) is 0 Å². The van der Waals surface area contributed by atoms with E-state index >= 15 is 0 Å². The summed E-state index contributed by atoms with van der Waals surface area (Å²) in [5.74, 6) is 0.405. The van der Waals surface area contributed by atoms with Gasteiger partial charge in [0.25, 0.3) is 0 Å². The normalized spacial score (nSPS) is 28.3. The highest BCUT2D eigenvalue weighted by Crippen LogP contribution is 2.29. The van der Waals surface area contributed by atoms with Crippen molar-refractivity contribution in [2.24, 2.45) is 5.92 Å². The summed E-state index contributed by atoms with van der Waals surface area (Å²) in [5, 5.41) is 8.90. The van der Waals surface area contributed by atoms with Gasteiger partial charge in [-0.3, -0.25) is 0 Å². The molecule has 0 radical (unpaired) electrons. The predicted octanol–water partition coefficient (Wildman–Crippen LogP) is 1.58. The van der Waals surface area contributed by atoms with E-state index in [0.717, 1.165) is 32.5 Å². The fraction of sp³-hybridized carbons (Fsp3) is 0.500. The lowest BCUT2D eigenvalue weighted by molar-refractivity contribution is 0.0827. The first-order valence-electron chi connectivity index (χ1n) is 6.94. The number of fused-ring (bicyclic) bond motifs is 3. The molecule has 1 aromatic rings. The Kier molecular flexibility index (Phi) is 3.93. The quantitative estimate of drug-likeness (QED) is 0.915. The number of hydrogen-bond acceptors (Lipinski definition) is 4. The van der Waals surface area contributed by atoms with Crippen LogP contribution in [0, 0.1) is 17.2 Å². The number of piperidine rings is 3. The van der Waals surface area contributed by atoms with Crippen LogP contribution in [0.1, 0.15) is 18.4 Å². The zero-order chi connectivity index (χ0) is 15.0. The molecule has 3 heterocycles. The molecule has 5 nitrogen and oxygen atoms in total. The second-order valence-corrected chi connectivity index (χ2v) is 7.71. The van der Waals surface area contributed by atoms with Gasteiger partial charge in [-0.05, 0) is 50.0 Å². The Labute approximate surface area is 129 Å². The van der Waals surface area contributed by atoms with Gasteiger partial charge in [-0.1, -0.05) is 11.6 Å². The molecule has 0 aromatic heterocycles. The number of nitrogens with one attached hydrogen (secondary N) is 1. The summed E-state index contributed by atoms with van der Waals surface area (Å²) in [7, 11) is -3.66. The van der Waals surface area contributed by atoms with Crippen molar-refractivity contribution in [3.05, 3.63) is 28.8 Å². The number of nitriles is 1. The molecule has 0 aliphatic carbocycles. The van der Waals surface area contributed by atoms with Gasteiger partial charge in [0.05, 0.1) is 16.7 Å². The minimum absolute atomic E-state index is 0.0413. The third-order valence-electron chi connectivity index (χ3n) is 4.31. The third-order valence-corrected chi connectivity index (χ3v) is 6.29. The van der Waals surface area contributed by atoms with E-state index in [1.807, 2.05) is 6.07 Å². The SMILES string of the molecule is N#Cc1ccc(S(=O)(=O)NC2CN3CCC2CC3)c(Cl)c1. The maximum Gasteiger partial charge on any atom is 0.242 e. The number of hydrogen-bond donors (Lipinski definition) is 1. The monoisotopic (exact) mass is 325 g/mol. The van der Waals surface area contributed by atoms with Crippen LogP contribution in [-0.4, -0.2) is 39.0 Å². The number of rotatable bonds is 3. The number of sulfonamides is 1. The van der Waals surface area contributed by atoms with Crippen LogP contribution >= 0.6 is 11.6 Å². The predicted molar refractivity (Wildman–Crippen MR) is 79.4 cm³/mol. The van der Waals surface area contributed by atoms with Crippen LogP contribution in [0.3, 0.4) is 0 Å². The summed E-state index contributed by atoms with van der Waals surface area (Å²) in [6.45, 7) is 2.87. The summed E-state index contributed by atoms with van der Waals surface area (Å²) < 4.78 is 27.8. The van der Waals surface area contributed by atoms with Gasteiger partial charge in [0, 0.05) is 12.6 Å². The van der Waals surface area contributed by atoms with Crippen LogP contribution in [-0.2, 0) is 10.0 Å². The zero-order valence-electron chi connectivity index (χ0n) is 11.4. The lowest BCUT2D eigenvalue weighted by Gasteiger charge is -2.44. The topological polar surface area (TPSA) is 73.2 Å². The molecule has 3 aliphatic rings. The van der Waals surface area contributed by atoms with Gasteiger partial charge in [-0.2, -0.15) is 5.26 Å². The van der Waals surface area contributed by atoms with Crippen LogP contribution < -0.4 is 4.72 Å². The molecule has 112 valence electrons. The van der Waals surface area contributed by atoms with E-state index in [2.05, 4.69) is 9.62 Å². The molecule has 7 heteroatoms. The molecule has 4 rings (SSSR count). The lowest BCUT2D eigenvalue weighted by Crippen LogP contribution is -2.57. The maximum atomic E-state index is 12.5. The first kappa shape index (κ1) is 14.8. The minimum Gasteiger partial charge on any atom is -0.302 e. The smallest absolute Gasteiger partial charge is 0.242 e. The van der Waals surface area contributed by atoms with Gasteiger partial charge in [-0.25, -0.2) is 13.1 Å². The first-order valence-corrected chi connectivity index (χ1v) is 8.80. The lowest BCUT2D eigenvalue weighted by atomic mass is 9.85. The van der Waals surface area contributed by atoms with E-state index in [1.54, 1.807) is 0 Å². The van der Waals surface area contributed by atoms with Crippen molar-refractivity contribution in [2.75, 3.05) is 19.6 Å². The Balaban J connectivity index is 1.83. The Morgan fingerprint density at radius 2 is 2.05 bits per heavy atom. The highest BCUT2D eigenvalue weighted by atomic mass is 35.5. The Hall–Kier alpha value is -1.13. The average molecular weight is 326 g/mol. The Morgan fingerprint density at radius 3 is 2.57 bits per heavy atom. The molecular formula is C14H16ClN3O2S. The van der Waals surface area contributed by atoms with Gasteiger partial charge in [0.15, 0.2) is 0 Å². The molecule has 0 saturated carbocycles. The molecule has 3 aliphatic heterocycles. The van der Waals surface area contributed by atoms with Gasteiger partial charge in [-0.15, -0.1) is 0 Å². The van der Waals surface area contributed by atoms with Crippen molar-refractivity contribution in [1.29, 1.82) is 5.26 Å². The number of benzene rings is 1. The largest absolute Gasteiger partial charge is 0.302 e. The van der Waals surface area contributed by atoms with Gasteiger partial charge in [0.2, 0.25) is 10.0 Å². The van der Waals surface area contributed by atoms with Crippen molar-refractivity contribution >= 4 is 21.6 Å². The molecule has 0 spiro atoms. The molecule has 2 bridgehead atoms. The van der Waals surface area contributed by atoms with E-state index < -0.39 is 10.0 Å². The molecule has 0 amide bonds. The molecule has 3 saturated heterocycles. The molecule has 1 N–H and O–H groups in total. The summed E-state index contributed by atoms with van der Waals surface area (Å²) in [6, 6.07) is 6.14. The van der Waals surface area contributed by atoms with Crippen molar-refractivity contribution in [3.63, 3.8) is 0 Å². The number of nitrogens with zero attached hydrogens (tertiary/aromatic N) is 2. The zero-order valence-corrected chi connectivity index (χ0v) is 13.0. The van der Waals surface area contributed by atoms with Gasteiger partial charge < -0.3 is 4.90 Å². The van der Waals surface area contributed by atoms with E-state index in [4.69, 9.17) is 16.9 Å². The Morgan fingerprint density at radius 1 is 1.33 bits per heavy atom. The molecule has 3 fully saturated rings. The first-order chi connectivity index (χ1) is 9.99. The number of halogens is 1. The van der Waals surface area contributed by atoms with Crippen molar-refractivity contribution < 1.29 is 8.42 Å². The van der Waals surface area contributed by atoms with Crippen LogP contribution in [0.15, 0.2) is 23.1 Å². The average Bonchev–Trinajstić information content (AvgIpc) is 2.47.